The summed E-state index contributed by atoms with van der Waals surface area (Å²) in [5.41, 5.74) is 4.44. The number of allylic oxidation sites excluding steroid dienone is 3. The van der Waals surface area contributed by atoms with E-state index >= 15 is 0 Å². The van der Waals surface area contributed by atoms with Crippen LogP contribution in [-0.2, 0) is 4.79 Å². The van der Waals surface area contributed by atoms with Crippen molar-refractivity contribution >= 4 is 17.4 Å². The highest BCUT2D eigenvalue weighted by molar-refractivity contribution is 5.88. The van der Waals surface area contributed by atoms with Crippen molar-refractivity contribution in [1.82, 2.24) is 5.32 Å². The molecule has 1 aromatic rings. The van der Waals surface area contributed by atoms with Gasteiger partial charge in [-0.3, -0.25) is 4.79 Å². The van der Waals surface area contributed by atoms with Gasteiger partial charge in [0, 0.05) is 0 Å². The monoisotopic (exact) mass is 583 g/mol. The van der Waals surface area contributed by atoms with Gasteiger partial charge in [-0.2, -0.15) is 0 Å². The molecule has 1 amide bonds. The van der Waals surface area contributed by atoms with Gasteiger partial charge in [0.05, 0.1) is 11.0 Å². The van der Waals surface area contributed by atoms with E-state index in [0.717, 1.165) is 37.7 Å². The largest absolute Gasteiger partial charge is 0.478 e. The minimum Gasteiger partial charge on any atom is -0.478 e. The lowest BCUT2D eigenvalue weighted by Gasteiger charge is -2.72. The summed E-state index contributed by atoms with van der Waals surface area (Å²) in [4.78, 5) is 25.3. The first-order valence-corrected chi connectivity index (χ1v) is 16.8. The molecule has 0 aromatic heterocycles. The van der Waals surface area contributed by atoms with Crippen LogP contribution < -0.4 is 5.32 Å². The van der Waals surface area contributed by atoms with Crippen LogP contribution in [0.15, 0.2) is 55.3 Å². The molecule has 0 radical (unpaired) electrons. The fourth-order valence-electron chi connectivity index (χ4n) is 12.7. The number of carbonyl (C=O) groups is 2. The Morgan fingerprint density at radius 1 is 0.907 bits per heavy atom. The highest BCUT2D eigenvalue weighted by atomic mass is 16.4. The highest BCUT2D eigenvalue weighted by Gasteiger charge is 2.71. The summed E-state index contributed by atoms with van der Waals surface area (Å²) in [5, 5.41) is 12.5. The highest BCUT2D eigenvalue weighted by Crippen LogP contribution is 2.77. The minimum atomic E-state index is -0.875. The normalized spacial score (nSPS) is 42.7. The maximum absolute atomic E-state index is 13.8. The molecular formula is C39H53NO3. The van der Waals surface area contributed by atoms with Crippen molar-refractivity contribution in [3.05, 3.63) is 66.4 Å². The van der Waals surface area contributed by atoms with E-state index in [4.69, 9.17) is 0 Å². The van der Waals surface area contributed by atoms with Gasteiger partial charge in [0.25, 0.3) is 0 Å². The predicted octanol–water partition coefficient (Wildman–Crippen LogP) is 9.30. The number of hydrogen-bond donors (Lipinski definition) is 2. The molecule has 9 unspecified atom stereocenters. The molecule has 2 N–H and O–H groups in total. The molecule has 0 saturated heterocycles. The number of hydrogen-bond acceptors (Lipinski definition) is 2. The Bertz CT molecular complexity index is 1390. The number of aromatic carboxylic acids is 1. The molecule has 43 heavy (non-hydrogen) atoms. The molecule has 6 rings (SSSR count). The Morgan fingerprint density at radius 3 is 2.23 bits per heavy atom. The molecule has 0 bridgehead atoms. The molecule has 1 aromatic carbocycles. The van der Waals surface area contributed by atoms with E-state index in [1.165, 1.54) is 36.8 Å². The van der Waals surface area contributed by atoms with Gasteiger partial charge in [-0.1, -0.05) is 71.6 Å². The van der Waals surface area contributed by atoms with Crippen LogP contribution in [0, 0.1) is 56.7 Å². The molecule has 4 saturated carbocycles. The third-order valence-corrected chi connectivity index (χ3v) is 14.8. The molecular weight excluding hydrogens is 530 g/mol. The third kappa shape index (κ3) is 3.99. The van der Waals surface area contributed by atoms with E-state index in [9.17, 15) is 14.7 Å². The second kappa shape index (κ2) is 9.94. The summed E-state index contributed by atoms with van der Waals surface area (Å²) in [6, 6.07) is 7.52. The Balaban J connectivity index is 1.37. The summed E-state index contributed by atoms with van der Waals surface area (Å²) in [7, 11) is 0. The van der Waals surface area contributed by atoms with Gasteiger partial charge in [0.2, 0.25) is 5.91 Å². The number of amides is 1. The van der Waals surface area contributed by atoms with Crippen LogP contribution >= 0.6 is 0 Å². The van der Waals surface area contributed by atoms with Crippen LogP contribution in [0.4, 0.5) is 0 Å². The van der Waals surface area contributed by atoms with Crippen molar-refractivity contribution in [2.45, 2.75) is 99.3 Å². The van der Waals surface area contributed by atoms with Gasteiger partial charge >= 0.3 is 5.97 Å². The SMILES string of the molecule is C=CNC(=O)C12CCC(C(=C)C)C1C1CCC3C4(C)CC=C(c5ccc(C(=O)O)cc5)C(C)(C)C4CCC3(C)C1(C)CC2. The molecule has 0 aliphatic heterocycles. The molecule has 5 aliphatic carbocycles. The Hall–Kier alpha value is -2.62. The third-order valence-electron chi connectivity index (χ3n) is 14.8. The van der Waals surface area contributed by atoms with E-state index in [2.05, 4.69) is 66.1 Å². The van der Waals surface area contributed by atoms with Crippen LogP contribution in [0.1, 0.15) is 115 Å². The number of rotatable bonds is 5. The number of fused-ring (bicyclic) bond motifs is 7. The predicted molar refractivity (Wildman–Crippen MR) is 174 cm³/mol. The molecule has 4 fully saturated rings. The van der Waals surface area contributed by atoms with Crippen molar-refractivity contribution in [3.8, 4) is 0 Å². The zero-order chi connectivity index (χ0) is 31.2. The van der Waals surface area contributed by atoms with Crippen molar-refractivity contribution in [2.75, 3.05) is 0 Å². The Morgan fingerprint density at radius 2 is 1.60 bits per heavy atom. The van der Waals surface area contributed by atoms with E-state index in [1.807, 2.05) is 12.1 Å². The van der Waals surface area contributed by atoms with E-state index < -0.39 is 5.97 Å². The lowest BCUT2D eigenvalue weighted by atomic mass is 9.32. The summed E-state index contributed by atoms with van der Waals surface area (Å²) >= 11 is 0. The van der Waals surface area contributed by atoms with E-state index in [0.29, 0.717) is 35.2 Å². The minimum absolute atomic E-state index is 0.00216. The number of nitrogens with one attached hydrogen (secondary N) is 1. The number of benzene rings is 1. The van der Waals surface area contributed by atoms with Gasteiger partial charge < -0.3 is 10.4 Å². The molecule has 0 heterocycles. The van der Waals surface area contributed by atoms with Crippen LogP contribution in [0.25, 0.3) is 5.57 Å². The smallest absolute Gasteiger partial charge is 0.335 e. The molecule has 4 nitrogen and oxygen atoms in total. The number of carboxylic acid groups (broad SMARTS) is 1. The standard InChI is InChI=1S/C39H53NO3/c1-9-40-34(43)39-21-16-27(24(2)3)32(39)29-14-15-31-36(6)19-17-28(25-10-12-26(13-11-25)33(41)42)35(4,5)30(36)18-20-38(31,8)37(29,7)22-23-39/h9-13,17,27,29-32H,1-2,14-16,18-23H2,3-8H3,(H,40,43)(H,41,42). The molecule has 0 spiro atoms. The molecule has 5 aliphatic rings. The first-order chi connectivity index (χ1) is 20.2. The molecule has 4 heteroatoms. The quantitative estimate of drug-likeness (QED) is 0.340. The molecule has 232 valence electrons. The average Bonchev–Trinajstić information content (AvgIpc) is 3.35. The van der Waals surface area contributed by atoms with Gasteiger partial charge in [0.1, 0.15) is 0 Å². The van der Waals surface area contributed by atoms with E-state index in [-0.39, 0.29) is 33.0 Å². The van der Waals surface area contributed by atoms with Crippen LogP contribution in [0.2, 0.25) is 0 Å². The zero-order valence-electron chi connectivity index (χ0n) is 27.4. The topological polar surface area (TPSA) is 66.4 Å². The van der Waals surface area contributed by atoms with Crippen LogP contribution in [0.3, 0.4) is 0 Å². The second-order valence-corrected chi connectivity index (χ2v) is 16.4. The summed E-state index contributed by atoms with van der Waals surface area (Å²) in [5.74, 6) is 1.81. The molecule has 9 atom stereocenters. The van der Waals surface area contributed by atoms with Gasteiger partial charge in [-0.25, -0.2) is 4.79 Å². The number of carboxylic acids is 1. The Labute approximate surface area is 259 Å². The van der Waals surface area contributed by atoms with Crippen LogP contribution in [0.5, 0.6) is 0 Å². The van der Waals surface area contributed by atoms with Gasteiger partial charge in [-0.15, -0.1) is 0 Å². The first-order valence-electron chi connectivity index (χ1n) is 16.8. The summed E-state index contributed by atoms with van der Waals surface area (Å²) in [6.07, 6.45) is 14.2. The maximum atomic E-state index is 13.8. The second-order valence-electron chi connectivity index (χ2n) is 16.4. The Kier molecular flexibility index (Phi) is 7.03. The van der Waals surface area contributed by atoms with Crippen molar-refractivity contribution < 1.29 is 14.7 Å². The zero-order valence-corrected chi connectivity index (χ0v) is 27.4. The van der Waals surface area contributed by atoms with Crippen molar-refractivity contribution in [3.63, 3.8) is 0 Å². The van der Waals surface area contributed by atoms with Crippen molar-refractivity contribution in [1.29, 1.82) is 0 Å². The van der Waals surface area contributed by atoms with Crippen molar-refractivity contribution in [2.24, 2.45) is 56.7 Å². The number of carbonyl (C=O) groups excluding carboxylic acids is 1. The summed E-state index contributed by atoms with van der Waals surface area (Å²) in [6.45, 7) is 23.2. The van der Waals surface area contributed by atoms with Crippen LogP contribution in [-0.4, -0.2) is 17.0 Å². The first kappa shape index (κ1) is 30.4. The van der Waals surface area contributed by atoms with E-state index in [1.54, 1.807) is 18.3 Å². The van der Waals surface area contributed by atoms with Gasteiger partial charge in [0.15, 0.2) is 0 Å². The average molecular weight is 584 g/mol. The fraction of sp³-hybridized carbons (Fsp3) is 0.641. The maximum Gasteiger partial charge on any atom is 0.335 e. The fourth-order valence-corrected chi connectivity index (χ4v) is 12.7. The van der Waals surface area contributed by atoms with Gasteiger partial charge in [-0.05, 0) is 145 Å². The lowest BCUT2D eigenvalue weighted by molar-refractivity contribution is -0.224. The summed E-state index contributed by atoms with van der Waals surface area (Å²) < 4.78 is 0. The lowest BCUT2D eigenvalue weighted by Crippen LogP contribution is -2.66.